The van der Waals surface area contributed by atoms with Crippen LogP contribution in [0.5, 0.6) is 5.75 Å². The maximum Gasteiger partial charge on any atom is 0.335 e. The van der Waals surface area contributed by atoms with Crippen molar-refractivity contribution >= 4 is 45.2 Å². The number of aromatic hydroxyl groups is 1. The molecular weight excluding hydrogens is 410 g/mol. The molecular formula is C20H14BrN3O3. The van der Waals surface area contributed by atoms with Gasteiger partial charge in [0.25, 0.3) is 0 Å². The second-order valence-corrected chi connectivity index (χ2v) is 6.45. The molecule has 0 saturated heterocycles. The number of aromatic carboxylic acids is 1. The summed E-state index contributed by atoms with van der Waals surface area (Å²) in [6.45, 7) is 0. The number of nitrogens with zero attached hydrogens (tertiary/aromatic N) is 3. The Balaban J connectivity index is 1.78. The molecule has 7 heteroatoms. The highest BCUT2D eigenvalue weighted by atomic mass is 79.9. The van der Waals surface area contributed by atoms with Gasteiger partial charge in [0.05, 0.1) is 22.6 Å². The summed E-state index contributed by atoms with van der Waals surface area (Å²) in [4.78, 5) is 15.2. The van der Waals surface area contributed by atoms with Crippen LogP contribution < -0.4 is 0 Å². The van der Waals surface area contributed by atoms with E-state index in [9.17, 15) is 9.90 Å². The van der Waals surface area contributed by atoms with Gasteiger partial charge in [-0.15, -0.1) is 0 Å². The summed E-state index contributed by atoms with van der Waals surface area (Å²) in [5, 5.41) is 27.1. The minimum absolute atomic E-state index is 0.0839. The van der Waals surface area contributed by atoms with Crippen molar-refractivity contribution in [2.45, 2.75) is 0 Å². The molecule has 0 atom stereocenters. The van der Waals surface area contributed by atoms with Crippen molar-refractivity contribution in [1.82, 2.24) is 0 Å². The van der Waals surface area contributed by atoms with Crippen LogP contribution >= 0.6 is 15.9 Å². The molecule has 2 N–H and O–H groups in total. The SMILES string of the molecule is O=C(O)c1ccc(N=Nc2ccc(O)c(C=Nc3ccc(Br)cc3)c2)cc1. The number of rotatable bonds is 5. The van der Waals surface area contributed by atoms with Crippen LogP contribution in [0.2, 0.25) is 0 Å². The van der Waals surface area contributed by atoms with Gasteiger partial charge >= 0.3 is 5.97 Å². The predicted octanol–water partition coefficient (Wildman–Crippen LogP) is 6.02. The number of benzene rings is 3. The maximum atomic E-state index is 10.8. The minimum atomic E-state index is -0.994. The van der Waals surface area contributed by atoms with E-state index in [0.29, 0.717) is 16.9 Å². The largest absolute Gasteiger partial charge is 0.507 e. The topological polar surface area (TPSA) is 94.6 Å². The Morgan fingerprint density at radius 2 is 1.44 bits per heavy atom. The van der Waals surface area contributed by atoms with Crippen LogP contribution in [-0.2, 0) is 0 Å². The van der Waals surface area contributed by atoms with E-state index in [1.807, 2.05) is 24.3 Å². The molecule has 0 spiro atoms. The van der Waals surface area contributed by atoms with Gasteiger partial charge in [-0.25, -0.2) is 4.79 Å². The van der Waals surface area contributed by atoms with Gasteiger partial charge in [0.15, 0.2) is 0 Å². The first-order valence-corrected chi connectivity index (χ1v) is 8.68. The van der Waals surface area contributed by atoms with Crippen LogP contribution in [0, 0.1) is 0 Å². The molecule has 0 aromatic heterocycles. The third-order valence-electron chi connectivity index (χ3n) is 3.59. The third-order valence-corrected chi connectivity index (χ3v) is 4.11. The fourth-order valence-corrected chi connectivity index (χ4v) is 2.43. The van der Waals surface area contributed by atoms with Crippen molar-refractivity contribution in [2.24, 2.45) is 15.2 Å². The molecule has 0 bridgehead atoms. The number of carboxylic acid groups (broad SMARTS) is 1. The van der Waals surface area contributed by atoms with Crippen LogP contribution in [0.25, 0.3) is 0 Å². The lowest BCUT2D eigenvalue weighted by Crippen LogP contribution is -1.93. The molecule has 3 aromatic rings. The molecule has 3 aromatic carbocycles. The lowest BCUT2D eigenvalue weighted by Gasteiger charge is -2.01. The molecule has 3 rings (SSSR count). The fraction of sp³-hybridized carbons (Fsp3) is 0. The van der Waals surface area contributed by atoms with Crippen LogP contribution in [-0.4, -0.2) is 22.4 Å². The van der Waals surface area contributed by atoms with Gasteiger partial charge in [0, 0.05) is 16.3 Å². The van der Waals surface area contributed by atoms with Crippen LogP contribution in [0.1, 0.15) is 15.9 Å². The number of halogens is 1. The van der Waals surface area contributed by atoms with Crippen molar-refractivity contribution in [3.63, 3.8) is 0 Å². The van der Waals surface area contributed by atoms with Crippen molar-refractivity contribution in [3.05, 3.63) is 82.3 Å². The van der Waals surface area contributed by atoms with Gasteiger partial charge in [-0.2, -0.15) is 10.2 Å². The van der Waals surface area contributed by atoms with E-state index < -0.39 is 5.97 Å². The molecule has 0 heterocycles. The van der Waals surface area contributed by atoms with Gasteiger partial charge in [0.2, 0.25) is 0 Å². The number of carbonyl (C=O) groups is 1. The summed E-state index contributed by atoms with van der Waals surface area (Å²) >= 11 is 3.37. The quantitative estimate of drug-likeness (QED) is 0.387. The molecule has 0 aliphatic carbocycles. The molecule has 134 valence electrons. The Morgan fingerprint density at radius 1 is 0.852 bits per heavy atom. The van der Waals surface area contributed by atoms with Gasteiger partial charge in [-0.05, 0) is 66.7 Å². The molecule has 6 nitrogen and oxygen atoms in total. The lowest BCUT2D eigenvalue weighted by molar-refractivity contribution is 0.0697. The Morgan fingerprint density at radius 3 is 2.11 bits per heavy atom. The van der Waals surface area contributed by atoms with E-state index in [-0.39, 0.29) is 11.3 Å². The Kier molecular flexibility index (Phi) is 5.73. The normalized spacial score (nSPS) is 11.3. The summed E-state index contributed by atoms with van der Waals surface area (Å²) < 4.78 is 0.961. The number of azo groups is 1. The maximum absolute atomic E-state index is 10.8. The van der Waals surface area contributed by atoms with Crippen molar-refractivity contribution in [2.75, 3.05) is 0 Å². The Bertz CT molecular complexity index is 1010. The second kappa shape index (κ2) is 8.37. The van der Waals surface area contributed by atoms with E-state index in [1.165, 1.54) is 18.2 Å². The summed E-state index contributed by atoms with van der Waals surface area (Å²) in [6.07, 6.45) is 1.55. The molecule has 0 aliphatic rings. The summed E-state index contributed by atoms with van der Waals surface area (Å²) in [7, 11) is 0. The fourth-order valence-electron chi connectivity index (χ4n) is 2.16. The van der Waals surface area contributed by atoms with Crippen molar-refractivity contribution in [1.29, 1.82) is 0 Å². The van der Waals surface area contributed by atoms with Crippen LogP contribution in [0.15, 0.2) is 86.4 Å². The van der Waals surface area contributed by atoms with Crippen LogP contribution in [0.3, 0.4) is 0 Å². The summed E-state index contributed by atoms with van der Waals surface area (Å²) in [6, 6.07) is 18.3. The predicted molar refractivity (Wildman–Crippen MR) is 107 cm³/mol. The van der Waals surface area contributed by atoms with Crippen molar-refractivity contribution < 1.29 is 15.0 Å². The van der Waals surface area contributed by atoms with Crippen LogP contribution in [0.4, 0.5) is 17.1 Å². The molecule has 27 heavy (non-hydrogen) atoms. The smallest absolute Gasteiger partial charge is 0.335 e. The van der Waals surface area contributed by atoms with Gasteiger partial charge in [-0.3, -0.25) is 4.99 Å². The molecule has 0 saturated carbocycles. The zero-order chi connectivity index (χ0) is 19.2. The lowest BCUT2D eigenvalue weighted by atomic mass is 10.2. The first-order chi connectivity index (χ1) is 13.0. The van der Waals surface area contributed by atoms with Gasteiger partial charge in [-0.1, -0.05) is 15.9 Å². The molecule has 0 aliphatic heterocycles. The zero-order valence-electron chi connectivity index (χ0n) is 14.0. The Labute approximate surface area is 163 Å². The number of phenols is 1. The van der Waals surface area contributed by atoms with Gasteiger partial charge < -0.3 is 10.2 Å². The number of hydrogen-bond acceptors (Lipinski definition) is 5. The van der Waals surface area contributed by atoms with Crippen molar-refractivity contribution in [3.8, 4) is 5.75 Å². The first-order valence-electron chi connectivity index (χ1n) is 7.89. The highest BCUT2D eigenvalue weighted by Gasteiger charge is 2.02. The van der Waals surface area contributed by atoms with E-state index in [1.54, 1.807) is 30.5 Å². The molecule has 0 amide bonds. The average Bonchev–Trinajstić information content (AvgIpc) is 2.68. The number of phenolic OH excluding ortho intramolecular Hbond substituents is 1. The molecule has 0 unspecified atom stereocenters. The first kappa shape index (κ1) is 18.5. The summed E-state index contributed by atoms with van der Waals surface area (Å²) in [5.41, 5.74) is 2.51. The summed E-state index contributed by atoms with van der Waals surface area (Å²) in [5.74, 6) is -0.910. The highest BCUT2D eigenvalue weighted by Crippen LogP contribution is 2.25. The third kappa shape index (κ3) is 5.08. The zero-order valence-corrected chi connectivity index (χ0v) is 15.5. The van der Waals surface area contributed by atoms with Gasteiger partial charge in [0.1, 0.15) is 5.75 Å². The number of carboxylic acids is 1. The number of aliphatic imine (C=N–C) groups is 1. The molecule has 0 radical (unpaired) electrons. The number of hydrogen-bond donors (Lipinski definition) is 2. The Hall–Kier alpha value is -3.32. The van der Waals surface area contributed by atoms with E-state index >= 15 is 0 Å². The highest BCUT2D eigenvalue weighted by molar-refractivity contribution is 9.10. The van der Waals surface area contributed by atoms with E-state index in [2.05, 4.69) is 31.2 Å². The standard InChI is InChI=1S/C20H14BrN3O3/c21-15-3-7-16(8-4-15)22-12-14-11-18(9-10-19(14)25)24-23-17-5-1-13(2-6-17)20(26)27/h1-12,25H,(H,26,27). The minimum Gasteiger partial charge on any atom is -0.507 e. The second-order valence-electron chi connectivity index (χ2n) is 5.53. The average molecular weight is 424 g/mol. The monoisotopic (exact) mass is 423 g/mol. The van der Waals surface area contributed by atoms with E-state index in [4.69, 9.17) is 5.11 Å². The molecule has 0 fully saturated rings. The van der Waals surface area contributed by atoms with E-state index in [0.717, 1.165) is 10.2 Å².